The zero-order chi connectivity index (χ0) is 18.0. The third-order valence-corrected chi connectivity index (χ3v) is 3.99. The van der Waals surface area contributed by atoms with Crippen molar-refractivity contribution in [1.82, 2.24) is 0 Å². The molecule has 0 saturated heterocycles. The Morgan fingerprint density at radius 2 is 1.36 bits per heavy atom. The SMILES string of the molecule is NC(=O)c1ccc(C(N)=O)c(-c2ccc(-c3cccc(N)c3)cc2)c1. The summed E-state index contributed by atoms with van der Waals surface area (Å²) in [5, 5.41) is 0. The van der Waals surface area contributed by atoms with Crippen LogP contribution in [-0.4, -0.2) is 11.8 Å². The van der Waals surface area contributed by atoms with Crippen LogP contribution in [0.4, 0.5) is 5.69 Å². The maximum absolute atomic E-state index is 11.7. The van der Waals surface area contributed by atoms with Crippen molar-refractivity contribution in [1.29, 1.82) is 0 Å². The lowest BCUT2D eigenvalue weighted by Crippen LogP contribution is -2.15. The lowest BCUT2D eigenvalue weighted by atomic mass is 9.94. The van der Waals surface area contributed by atoms with E-state index in [1.165, 1.54) is 12.1 Å². The summed E-state index contributed by atoms with van der Waals surface area (Å²) < 4.78 is 0. The van der Waals surface area contributed by atoms with Gasteiger partial charge in [0, 0.05) is 16.8 Å². The van der Waals surface area contributed by atoms with Crippen LogP contribution in [0.3, 0.4) is 0 Å². The molecule has 0 saturated carbocycles. The van der Waals surface area contributed by atoms with E-state index in [9.17, 15) is 9.59 Å². The summed E-state index contributed by atoms with van der Waals surface area (Å²) in [5.74, 6) is -1.13. The van der Waals surface area contributed by atoms with E-state index in [4.69, 9.17) is 17.2 Å². The summed E-state index contributed by atoms with van der Waals surface area (Å²) in [6, 6.07) is 19.7. The summed E-state index contributed by atoms with van der Waals surface area (Å²) in [6.45, 7) is 0. The second-order valence-corrected chi connectivity index (χ2v) is 5.69. The van der Waals surface area contributed by atoms with Crippen molar-refractivity contribution in [3.8, 4) is 22.3 Å². The quantitative estimate of drug-likeness (QED) is 0.639. The standard InChI is InChI=1S/C20H17N3O2/c21-16-3-1-2-14(10-16)12-4-6-13(7-5-12)18-11-15(19(22)24)8-9-17(18)20(23)25/h1-11H,21H2,(H2,22,24)(H2,23,25). The predicted octanol–water partition coefficient (Wildman–Crippen LogP) is 2.80. The summed E-state index contributed by atoms with van der Waals surface area (Å²) in [6.07, 6.45) is 0. The van der Waals surface area contributed by atoms with Gasteiger partial charge in [0.25, 0.3) is 0 Å². The first-order chi connectivity index (χ1) is 12.0. The van der Waals surface area contributed by atoms with Crippen molar-refractivity contribution in [3.63, 3.8) is 0 Å². The van der Waals surface area contributed by atoms with Gasteiger partial charge in [-0.25, -0.2) is 0 Å². The summed E-state index contributed by atoms with van der Waals surface area (Å²) in [4.78, 5) is 23.1. The smallest absolute Gasteiger partial charge is 0.249 e. The van der Waals surface area contributed by atoms with E-state index in [1.807, 2.05) is 48.5 Å². The number of anilines is 1. The molecule has 0 aliphatic rings. The molecular formula is C20H17N3O2. The number of hydrogen-bond acceptors (Lipinski definition) is 3. The first-order valence-electron chi connectivity index (χ1n) is 7.66. The molecule has 0 fully saturated rings. The molecule has 0 atom stereocenters. The highest BCUT2D eigenvalue weighted by Crippen LogP contribution is 2.28. The van der Waals surface area contributed by atoms with Gasteiger partial charge in [-0.1, -0.05) is 36.4 Å². The molecule has 0 aliphatic carbocycles. The minimum absolute atomic E-state index is 0.319. The van der Waals surface area contributed by atoms with E-state index in [2.05, 4.69) is 0 Å². The minimum atomic E-state index is -0.564. The molecule has 3 aromatic carbocycles. The Bertz CT molecular complexity index is 963. The van der Waals surface area contributed by atoms with Crippen molar-refractivity contribution in [3.05, 3.63) is 77.9 Å². The van der Waals surface area contributed by atoms with E-state index in [-0.39, 0.29) is 0 Å². The first kappa shape index (κ1) is 16.3. The monoisotopic (exact) mass is 331 g/mol. The van der Waals surface area contributed by atoms with Crippen LogP contribution >= 0.6 is 0 Å². The van der Waals surface area contributed by atoms with Crippen LogP contribution in [-0.2, 0) is 0 Å². The minimum Gasteiger partial charge on any atom is -0.399 e. The molecule has 3 rings (SSSR count). The second-order valence-electron chi connectivity index (χ2n) is 5.69. The Morgan fingerprint density at radius 3 is 1.96 bits per heavy atom. The normalized spacial score (nSPS) is 10.4. The molecule has 0 spiro atoms. The fourth-order valence-corrected chi connectivity index (χ4v) is 2.71. The summed E-state index contributed by atoms with van der Waals surface area (Å²) in [7, 11) is 0. The second kappa shape index (κ2) is 6.49. The van der Waals surface area contributed by atoms with Crippen molar-refractivity contribution in [2.45, 2.75) is 0 Å². The number of carbonyl (C=O) groups is 2. The molecule has 124 valence electrons. The molecule has 0 unspecified atom stereocenters. The fourth-order valence-electron chi connectivity index (χ4n) is 2.71. The Morgan fingerprint density at radius 1 is 0.680 bits per heavy atom. The Labute approximate surface area is 145 Å². The topological polar surface area (TPSA) is 112 Å². The van der Waals surface area contributed by atoms with Crippen molar-refractivity contribution in [2.24, 2.45) is 11.5 Å². The number of hydrogen-bond donors (Lipinski definition) is 3. The van der Waals surface area contributed by atoms with Gasteiger partial charge in [0.05, 0.1) is 0 Å². The number of primary amides is 2. The Kier molecular flexibility index (Phi) is 4.22. The van der Waals surface area contributed by atoms with Crippen LogP contribution in [0.2, 0.25) is 0 Å². The van der Waals surface area contributed by atoms with Gasteiger partial charge in [-0.15, -0.1) is 0 Å². The van der Waals surface area contributed by atoms with Crippen LogP contribution in [0.5, 0.6) is 0 Å². The average molecular weight is 331 g/mol. The molecule has 6 N–H and O–H groups in total. The van der Waals surface area contributed by atoms with Gasteiger partial charge in [-0.3, -0.25) is 9.59 Å². The van der Waals surface area contributed by atoms with E-state index >= 15 is 0 Å². The molecule has 0 heterocycles. The van der Waals surface area contributed by atoms with E-state index in [1.54, 1.807) is 6.07 Å². The lowest BCUT2D eigenvalue weighted by molar-refractivity contribution is 0.0989. The molecule has 5 nitrogen and oxygen atoms in total. The molecule has 0 bridgehead atoms. The van der Waals surface area contributed by atoms with E-state index < -0.39 is 11.8 Å². The highest BCUT2D eigenvalue weighted by atomic mass is 16.1. The summed E-state index contributed by atoms with van der Waals surface area (Å²) in [5.41, 5.74) is 21.3. The number of rotatable bonds is 4. The van der Waals surface area contributed by atoms with Crippen LogP contribution < -0.4 is 17.2 Å². The van der Waals surface area contributed by atoms with Gasteiger partial charge in [-0.05, 0) is 52.6 Å². The van der Waals surface area contributed by atoms with Crippen LogP contribution in [0.15, 0.2) is 66.7 Å². The van der Waals surface area contributed by atoms with E-state index in [0.29, 0.717) is 22.4 Å². The largest absolute Gasteiger partial charge is 0.399 e. The maximum atomic E-state index is 11.7. The average Bonchev–Trinajstić information content (AvgIpc) is 2.61. The number of nitrogen functional groups attached to an aromatic ring is 1. The van der Waals surface area contributed by atoms with Crippen LogP contribution in [0.25, 0.3) is 22.3 Å². The maximum Gasteiger partial charge on any atom is 0.249 e. The molecule has 5 heteroatoms. The Balaban J connectivity index is 2.06. The molecule has 0 aromatic heterocycles. The molecule has 3 aromatic rings. The highest BCUT2D eigenvalue weighted by molar-refractivity contribution is 6.02. The van der Waals surface area contributed by atoms with Gasteiger partial charge in [0.1, 0.15) is 0 Å². The molecular weight excluding hydrogens is 314 g/mol. The molecule has 25 heavy (non-hydrogen) atoms. The Hall–Kier alpha value is -3.60. The third kappa shape index (κ3) is 3.35. The number of benzene rings is 3. The summed E-state index contributed by atoms with van der Waals surface area (Å²) >= 11 is 0. The first-order valence-corrected chi connectivity index (χ1v) is 7.66. The molecule has 0 radical (unpaired) electrons. The lowest BCUT2D eigenvalue weighted by Gasteiger charge is -2.10. The number of carbonyl (C=O) groups excluding carboxylic acids is 2. The molecule has 2 amide bonds. The fraction of sp³-hybridized carbons (Fsp3) is 0. The van der Waals surface area contributed by atoms with E-state index in [0.717, 1.165) is 16.7 Å². The van der Waals surface area contributed by atoms with Crippen molar-refractivity contribution in [2.75, 3.05) is 5.73 Å². The third-order valence-electron chi connectivity index (χ3n) is 3.99. The van der Waals surface area contributed by atoms with Gasteiger partial charge < -0.3 is 17.2 Å². The zero-order valence-corrected chi connectivity index (χ0v) is 13.4. The highest BCUT2D eigenvalue weighted by Gasteiger charge is 2.13. The zero-order valence-electron chi connectivity index (χ0n) is 13.4. The van der Waals surface area contributed by atoms with Crippen molar-refractivity contribution < 1.29 is 9.59 Å². The van der Waals surface area contributed by atoms with Crippen LogP contribution in [0.1, 0.15) is 20.7 Å². The van der Waals surface area contributed by atoms with Gasteiger partial charge in [0.2, 0.25) is 11.8 Å². The van der Waals surface area contributed by atoms with Gasteiger partial charge in [0.15, 0.2) is 0 Å². The van der Waals surface area contributed by atoms with Crippen molar-refractivity contribution >= 4 is 17.5 Å². The van der Waals surface area contributed by atoms with Crippen LogP contribution in [0, 0.1) is 0 Å². The predicted molar refractivity (Wildman–Crippen MR) is 98.8 cm³/mol. The number of nitrogens with two attached hydrogens (primary N) is 3. The van der Waals surface area contributed by atoms with Gasteiger partial charge >= 0.3 is 0 Å². The molecule has 0 aliphatic heterocycles. The van der Waals surface area contributed by atoms with Gasteiger partial charge in [-0.2, -0.15) is 0 Å². The number of amides is 2.